The summed E-state index contributed by atoms with van der Waals surface area (Å²) in [5, 5.41) is 26.2. The number of phenolic OH excluding ortho intramolecular Hbond substituents is 1. The average molecular weight is 431 g/mol. The molecule has 0 saturated heterocycles. The topological polar surface area (TPSA) is 137 Å². The number of hydrogen-bond donors (Lipinski definition) is 4. The van der Waals surface area contributed by atoms with Gasteiger partial charge in [0.05, 0.1) is 17.3 Å². The van der Waals surface area contributed by atoms with E-state index in [2.05, 4.69) is 15.6 Å². The first-order valence-corrected chi connectivity index (χ1v) is 10.2. The molecule has 0 aliphatic carbocycles. The van der Waals surface area contributed by atoms with Crippen LogP contribution in [-0.2, 0) is 11.3 Å². The first-order valence-electron chi connectivity index (χ1n) is 10.2. The van der Waals surface area contributed by atoms with E-state index in [0.29, 0.717) is 23.2 Å². The van der Waals surface area contributed by atoms with Gasteiger partial charge < -0.3 is 10.2 Å². The van der Waals surface area contributed by atoms with E-state index < -0.39 is 11.9 Å². The number of amides is 1. The number of nitrogens with zero attached hydrogens (tertiary/aromatic N) is 2. The monoisotopic (exact) mass is 430 g/mol. The second-order valence-corrected chi connectivity index (χ2v) is 8.08. The number of benzene rings is 1. The number of H-pyrrole nitrogens is 1. The van der Waals surface area contributed by atoms with E-state index in [4.69, 9.17) is 5.11 Å². The van der Waals surface area contributed by atoms with Gasteiger partial charge in [-0.3, -0.25) is 24.2 Å². The fourth-order valence-corrected chi connectivity index (χ4v) is 3.34. The van der Waals surface area contributed by atoms with Crippen molar-refractivity contribution in [2.24, 2.45) is 5.10 Å². The fraction of sp³-hybridized carbons (Fsp3) is 0.455. The molecule has 168 valence electrons. The summed E-state index contributed by atoms with van der Waals surface area (Å²) in [7, 11) is 0. The summed E-state index contributed by atoms with van der Waals surface area (Å²) in [5.74, 6) is -1.49. The van der Waals surface area contributed by atoms with Crippen molar-refractivity contribution in [3.05, 3.63) is 50.4 Å². The van der Waals surface area contributed by atoms with Crippen LogP contribution in [0.15, 0.2) is 22.0 Å². The maximum atomic E-state index is 12.8. The number of carboxylic acids is 1. The molecule has 9 heteroatoms. The molecule has 9 nitrogen and oxygen atoms in total. The van der Waals surface area contributed by atoms with Crippen LogP contribution in [0.5, 0.6) is 5.75 Å². The number of phenols is 1. The Morgan fingerprint density at radius 2 is 1.81 bits per heavy atom. The van der Waals surface area contributed by atoms with Crippen LogP contribution in [0.3, 0.4) is 0 Å². The van der Waals surface area contributed by atoms with E-state index in [1.807, 2.05) is 39.8 Å². The number of carbonyl (C=O) groups is 2. The molecule has 0 saturated carbocycles. The highest BCUT2D eigenvalue weighted by molar-refractivity contribution is 5.99. The van der Waals surface area contributed by atoms with Crippen LogP contribution in [0.2, 0.25) is 0 Å². The van der Waals surface area contributed by atoms with Gasteiger partial charge >= 0.3 is 5.97 Å². The number of aliphatic carboxylic acids is 1. The van der Waals surface area contributed by atoms with E-state index in [1.165, 1.54) is 10.9 Å². The molecule has 0 spiro atoms. The zero-order chi connectivity index (χ0) is 23.3. The summed E-state index contributed by atoms with van der Waals surface area (Å²) in [6, 6.07) is 3.66. The number of carbonyl (C=O) groups excluding carboxylic acids is 1. The maximum absolute atomic E-state index is 12.8. The van der Waals surface area contributed by atoms with Gasteiger partial charge in [0.1, 0.15) is 5.75 Å². The molecule has 31 heavy (non-hydrogen) atoms. The standard InChI is InChI=1S/C22H30N4O5/c1-12(2)15-8-9-16(13(3)4)20(29)19(15)21(30)24-23-11-17-14(5)25-26(22(17)31)10-6-7-18(27)28/h8-9,11-13,25,29H,6-7,10H2,1-5H3,(H,24,30)(H,27,28)/b23-11+. The largest absolute Gasteiger partial charge is 0.507 e. The molecular formula is C22H30N4O5. The summed E-state index contributed by atoms with van der Waals surface area (Å²) in [6.07, 6.45) is 1.52. The predicted octanol–water partition coefficient (Wildman–Crippen LogP) is 3.07. The zero-order valence-electron chi connectivity index (χ0n) is 18.5. The van der Waals surface area contributed by atoms with Gasteiger partial charge in [-0.2, -0.15) is 5.10 Å². The van der Waals surface area contributed by atoms with E-state index in [1.54, 1.807) is 6.92 Å². The van der Waals surface area contributed by atoms with Crippen molar-refractivity contribution in [3.63, 3.8) is 0 Å². The van der Waals surface area contributed by atoms with Crippen molar-refractivity contribution >= 4 is 18.1 Å². The zero-order valence-corrected chi connectivity index (χ0v) is 18.5. The summed E-state index contributed by atoms with van der Waals surface area (Å²) >= 11 is 0. The minimum Gasteiger partial charge on any atom is -0.507 e. The highest BCUT2D eigenvalue weighted by atomic mass is 16.4. The first kappa shape index (κ1) is 23.9. The SMILES string of the molecule is Cc1[nH]n(CCCC(=O)O)c(=O)c1/C=N/NC(=O)c1c(C(C)C)ccc(C(C)C)c1O. The smallest absolute Gasteiger partial charge is 0.303 e. The summed E-state index contributed by atoms with van der Waals surface area (Å²) in [6.45, 7) is 9.65. The van der Waals surface area contributed by atoms with Crippen molar-refractivity contribution in [2.45, 2.75) is 65.8 Å². The highest BCUT2D eigenvalue weighted by Crippen LogP contribution is 2.34. The van der Waals surface area contributed by atoms with Crippen molar-refractivity contribution < 1.29 is 19.8 Å². The molecule has 0 aliphatic rings. The van der Waals surface area contributed by atoms with E-state index >= 15 is 0 Å². The summed E-state index contributed by atoms with van der Waals surface area (Å²) in [5.41, 5.74) is 4.41. The number of aromatic hydroxyl groups is 1. The van der Waals surface area contributed by atoms with E-state index in [-0.39, 0.29) is 47.2 Å². The lowest BCUT2D eigenvalue weighted by Crippen LogP contribution is -2.22. The lowest BCUT2D eigenvalue weighted by Gasteiger charge is -2.17. The first-order chi connectivity index (χ1) is 14.5. The third kappa shape index (κ3) is 5.62. The molecule has 4 N–H and O–H groups in total. The highest BCUT2D eigenvalue weighted by Gasteiger charge is 2.22. The van der Waals surface area contributed by atoms with Gasteiger partial charge in [0.15, 0.2) is 0 Å². The van der Waals surface area contributed by atoms with Crippen molar-refractivity contribution in [2.75, 3.05) is 0 Å². The van der Waals surface area contributed by atoms with E-state index in [0.717, 1.165) is 0 Å². The van der Waals surface area contributed by atoms with Crippen LogP contribution in [0.25, 0.3) is 0 Å². The van der Waals surface area contributed by atoms with Gasteiger partial charge in [0.25, 0.3) is 11.5 Å². The Hall–Kier alpha value is -3.36. The quantitative estimate of drug-likeness (QED) is 0.358. The summed E-state index contributed by atoms with van der Waals surface area (Å²) < 4.78 is 1.32. The number of hydrogen-bond acceptors (Lipinski definition) is 5. The normalized spacial score (nSPS) is 11.6. The fourth-order valence-electron chi connectivity index (χ4n) is 3.34. The second kappa shape index (κ2) is 10.1. The van der Waals surface area contributed by atoms with Crippen LogP contribution in [0.1, 0.15) is 85.1 Å². The van der Waals surface area contributed by atoms with Gasteiger partial charge in [-0.05, 0) is 36.3 Å². The lowest BCUT2D eigenvalue weighted by atomic mass is 9.90. The van der Waals surface area contributed by atoms with Gasteiger partial charge in [-0.15, -0.1) is 0 Å². The Bertz CT molecular complexity index is 1050. The van der Waals surface area contributed by atoms with Crippen molar-refractivity contribution in [3.8, 4) is 5.75 Å². The molecule has 1 aromatic heterocycles. The molecule has 0 aliphatic heterocycles. The van der Waals surface area contributed by atoms with Crippen LogP contribution in [0.4, 0.5) is 0 Å². The van der Waals surface area contributed by atoms with Gasteiger partial charge in [0.2, 0.25) is 0 Å². The Balaban J connectivity index is 2.23. The maximum Gasteiger partial charge on any atom is 0.303 e. The minimum atomic E-state index is -0.925. The van der Waals surface area contributed by atoms with Crippen LogP contribution >= 0.6 is 0 Å². The van der Waals surface area contributed by atoms with E-state index in [9.17, 15) is 19.5 Å². The average Bonchev–Trinajstić information content (AvgIpc) is 2.94. The third-order valence-electron chi connectivity index (χ3n) is 5.03. The number of aromatic amines is 1. The minimum absolute atomic E-state index is 0.0155. The number of aromatic nitrogens is 2. The molecule has 1 aromatic carbocycles. The molecule has 2 aromatic rings. The molecule has 2 rings (SSSR count). The lowest BCUT2D eigenvalue weighted by molar-refractivity contribution is -0.137. The van der Waals surface area contributed by atoms with Crippen molar-refractivity contribution in [1.82, 2.24) is 15.2 Å². The number of carboxylic acid groups (broad SMARTS) is 1. The molecule has 0 radical (unpaired) electrons. The van der Waals surface area contributed by atoms with Gasteiger partial charge in [-0.1, -0.05) is 39.8 Å². The Morgan fingerprint density at radius 3 is 2.39 bits per heavy atom. The predicted molar refractivity (Wildman–Crippen MR) is 118 cm³/mol. The molecule has 1 amide bonds. The number of hydrazone groups is 1. The van der Waals surface area contributed by atoms with Gasteiger partial charge in [-0.25, -0.2) is 5.43 Å². The summed E-state index contributed by atoms with van der Waals surface area (Å²) in [4.78, 5) is 35.9. The Kier molecular flexibility index (Phi) is 7.79. The van der Waals surface area contributed by atoms with Crippen molar-refractivity contribution in [1.29, 1.82) is 0 Å². The molecule has 0 atom stereocenters. The number of nitrogens with one attached hydrogen (secondary N) is 2. The van der Waals surface area contributed by atoms with Crippen LogP contribution < -0.4 is 11.0 Å². The Labute approximate surface area is 180 Å². The molecule has 0 fully saturated rings. The van der Waals surface area contributed by atoms with Crippen LogP contribution in [-0.4, -0.2) is 38.1 Å². The second-order valence-electron chi connectivity index (χ2n) is 8.08. The van der Waals surface area contributed by atoms with Crippen LogP contribution in [0, 0.1) is 6.92 Å². The number of aryl methyl sites for hydroxylation is 2. The molecule has 0 bridgehead atoms. The molecule has 0 unspecified atom stereocenters. The Morgan fingerprint density at radius 1 is 1.19 bits per heavy atom. The number of rotatable bonds is 9. The molecular weight excluding hydrogens is 400 g/mol. The third-order valence-corrected chi connectivity index (χ3v) is 5.03. The molecule has 1 heterocycles. The van der Waals surface area contributed by atoms with Gasteiger partial charge in [0, 0.05) is 18.7 Å².